The van der Waals surface area contributed by atoms with Gasteiger partial charge in [0.2, 0.25) is 0 Å². The number of hydrogen-bond acceptors (Lipinski definition) is 3. The van der Waals surface area contributed by atoms with Crippen LogP contribution in [0.25, 0.3) is 0 Å². The first-order valence-electron chi connectivity index (χ1n) is 3.82. The highest BCUT2D eigenvalue weighted by molar-refractivity contribution is 14.1. The van der Waals surface area contributed by atoms with Gasteiger partial charge in [-0.3, -0.25) is 10.1 Å². The number of ether oxygens (including phenoxy) is 1. The SMILES string of the molecule is CCOc1cc(I)c(I)cc1[N+](=O)[O-]. The zero-order chi connectivity index (χ0) is 10.7. The minimum atomic E-state index is -0.427. The number of halogens is 2. The van der Waals surface area contributed by atoms with Crippen molar-refractivity contribution in [2.24, 2.45) is 0 Å². The molecule has 1 rings (SSSR count). The summed E-state index contributed by atoms with van der Waals surface area (Å²) in [5.41, 5.74) is 0.0247. The van der Waals surface area contributed by atoms with Gasteiger partial charge in [0.25, 0.3) is 0 Å². The van der Waals surface area contributed by atoms with Crippen LogP contribution in [0.2, 0.25) is 0 Å². The highest BCUT2D eigenvalue weighted by atomic mass is 127. The third-order valence-corrected chi connectivity index (χ3v) is 4.32. The van der Waals surface area contributed by atoms with Gasteiger partial charge in [-0.1, -0.05) is 0 Å². The van der Waals surface area contributed by atoms with Crippen molar-refractivity contribution in [1.29, 1.82) is 0 Å². The first-order chi connectivity index (χ1) is 6.56. The number of nitrogens with zero attached hydrogens (tertiary/aromatic N) is 1. The molecule has 0 saturated heterocycles. The van der Waals surface area contributed by atoms with Crippen molar-refractivity contribution in [2.45, 2.75) is 6.92 Å². The van der Waals surface area contributed by atoms with Crippen molar-refractivity contribution < 1.29 is 9.66 Å². The smallest absolute Gasteiger partial charge is 0.312 e. The van der Waals surface area contributed by atoms with E-state index in [0.29, 0.717) is 12.4 Å². The van der Waals surface area contributed by atoms with E-state index >= 15 is 0 Å². The molecule has 0 radical (unpaired) electrons. The summed E-state index contributed by atoms with van der Waals surface area (Å²) in [5, 5.41) is 10.7. The molecule has 0 atom stereocenters. The molecule has 0 unspecified atom stereocenters. The van der Waals surface area contributed by atoms with Gasteiger partial charge in [-0.15, -0.1) is 0 Å². The fourth-order valence-electron chi connectivity index (χ4n) is 0.932. The average molecular weight is 419 g/mol. The minimum absolute atomic E-state index is 0.0247. The molecule has 0 saturated carbocycles. The van der Waals surface area contributed by atoms with Gasteiger partial charge in [0.05, 0.1) is 11.5 Å². The maximum Gasteiger partial charge on any atom is 0.312 e. The first-order valence-corrected chi connectivity index (χ1v) is 5.98. The molecule has 0 aromatic heterocycles. The standard InChI is InChI=1S/C8H7I2NO3/c1-2-14-8-4-6(10)5(9)3-7(8)11(12)13/h3-4H,2H2,1H3. The van der Waals surface area contributed by atoms with E-state index in [9.17, 15) is 10.1 Å². The molecule has 0 N–H and O–H groups in total. The summed E-state index contributed by atoms with van der Waals surface area (Å²) in [4.78, 5) is 10.3. The molecule has 0 amide bonds. The Morgan fingerprint density at radius 2 is 2.00 bits per heavy atom. The Morgan fingerprint density at radius 3 is 2.50 bits per heavy atom. The zero-order valence-corrected chi connectivity index (χ0v) is 11.6. The van der Waals surface area contributed by atoms with Crippen molar-refractivity contribution >= 4 is 50.9 Å². The predicted molar refractivity (Wildman–Crippen MR) is 69.7 cm³/mol. The van der Waals surface area contributed by atoms with E-state index in [2.05, 4.69) is 45.2 Å². The number of hydrogen-bond donors (Lipinski definition) is 0. The second kappa shape index (κ2) is 5.10. The quantitative estimate of drug-likeness (QED) is 0.430. The molecular weight excluding hydrogens is 412 g/mol. The summed E-state index contributed by atoms with van der Waals surface area (Å²) in [5.74, 6) is 0.335. The van der Waals surface area contributed by atoms with Crippen LogP contribution in [0, 0.1) is 17.3 Å². The topological polar surface area (TPSA) is 52.4 Å². The fourth-order valence-corrected chi connectivity index (χ4v) is 1.82. The van der Waals surface area contributed by atoms with Crippen molar-refractivity contribution in [3.63, 3.8) is 0 Å². The summed E-state index contributed by atoms with van der Waals surface area (Å²) in [7, 11) is 0. The molecule has 0 fully saturated rings. The Bertz CT molecular complexity index is 368. The summed E-state index contributed by atoms with van der Waals surface area (Å²) >= 11 is 4.18. The van der Waals surface area contributed by atoms with E-state index in [1.165, 1.54) is 6.07 Å². The van der Waals surface area contributed by atoms with Crippen LogP contribution in [0.1, 0.15) is 6.92 Å². The number of nitro groups is 1. The third kappa shape index (κ3) is 2.69. The minimum Gasteiger partial charge on any atom is -0.487 e. The molecule has 76 valence electrons. The lowest BCUT2D eigenvalue weighted by atomic mass is 10.3. The molecule has 1 aromatic rings. The summed E-state index contributed by atoms with van der Waals surface area (Å²) in [6.07, 6.45) is 0. The molecule has 0 heterocycles. The highest BCUT2D eigenvalue weighted by Crippen LogP contribution is 2.31. The summed E-state index contributed by atoms with van der Waals surface area (Å²) in [6, 6.07) is 3.21. The van der Waals surface area contributed by atoms with Crippen LogP contribution in [0.5, 0.6) is 5.75 Å². The van der Waals surface area contributed by atoms with Crippen LogP contribution < -0.4 is 4.74 Å². The normalized spacial score (nSPS) is 9.93. The largest absolute Gasteiger partial charge is 0.487 e. The highest BCUT2D eigenvalue weighted by Gasteiger charge is 2.17. The second-order valence-electron chi connectivity index (χ2n) is 2.42. The van der Waals surface area contributed by atoms with Gasteiger partial charge >= 0.3 is 5.69 Å². The lowest BCUT2D eigenvalue weighted by Gasteiger charge is -2.05. The predicted octanol–water partition coefficient (Wildman–Crippen LogP) is 3.20. The second-order valence-corrected chi connectivity index (χ2v) is 4.75. The van der Waals surface area contributed by atoms with Crippen LogP contribution in [-0.2, 0) is 0 Å². The molecule has 0 aliphatic carbocycles. The van der Waals surface area contributed by atoms with E-state index in [-0.39, 0.29) is 5.69 Å². The number of nitro benzene ring substituents is 1. The zero-order valence-electron chi connectivity index (χ0n) is 7.29. The van der Waals surface area contributed by atoms with Gasteiger partial charge in [-0.2, -0.15) is 0 Å². The molecule has 4 nitrogen and oxygen atoms in total. The molecule has 0 spiro atoms. The van der Waals surface area contributed by atoms with Gasteiger partial charge in [0, 0.05) is 19.3 Å². The Labute approximate surface area is 108 Å². The van der Waals surface area contributed by atoms with Crippen molar-refractivity contribution in [3.8, 4) is 5.75 Å². The Morgan fingerprint density at radius 1 is 1.43 bits per heavy atom. The monoisotopic (exact) mass is 419 g/mol. The first kappa shape index (κ1) is 12.0. The average Bonchev–Trinajstić information content (AvgIpc) is 2.11. The van der Waals surface area contributed by atoms with Crippen LogP contribution in [0.4, 0.5) is 5.69 Å². The van der Waals surface area contributed by atoms with E-state index in [4.69, 9.17) is 4.74 Å². The van der Waals surface area contributed by atoms with E-state index in [0.717, 1.165) is 7.14 Å². The van der Waals surface area contributed by atoms with Crippen LogP contribution in [0.15, 0.2) is 12.1 Å². The lowest BCUT2D eigenvalue weighted by Crippen LogP contribution is -1.99. The van der Waals surface area contributed by atoms with Gasteiger partial charge in [-0.25, -0.2) is 0 Å². The molecule has 14 heavy (non-hydrogen) atoms. The summed E-state index contributed by atoms with van der Waals surface area (Å²) in [6.45, 7) is 2.23. The lowest BCUT2D eigenvalue weighted by molar-refractivity contribution is -0.385. The maximum absolute atomic E-state index is 10.7. The fraction of sp³-hybridized carbons (Fsp3) is 0.250. The van der Waals surface area contributed by atoms with E-state index in [1.807, 2.05) is 0 Å². The van der Waals surface area contributed by atoms with Gasteiger partial charge in [0.15, 0.2) is 5.75 Å². The Kier molecular flexibility index (Phi) is 4.35. The number of rotatable bonds is 3. The molecular formula is C8H7I2NO3. The molecule has 0 aliphatic heterocycles. The third-order valence-electron chi connectivity index (χ3n) is 1.50. The van der Waals surface area contributed by atoms with E-state index in [1.54, 1.807) is 13.0 Å². The van der Waals surface area contributed by atoms with Crippen LogP contribution in [-0.4, -0.2) is 11.5 Å². The molecule has 6 heteroatoms. The van der Waals surface area contributed by atoms with Crippen molar-refractivity contribution in [3.05, 3.63) is 29.4 Å². The molecule has 1 aromatic carbocycles. The Balaban J connectivity index is 3.24. The number of benzene rings is 1. The molecule has 0 bridgehead atoms. The van der Waals surface area contributed by atoms with Crippen molar-refractivity contribution in [1.82, 2.24) is 0 Å². The Hall–Kier alpha value is -0.120. The van der Waals surface area contributed by atoms with Gasteiger partial charge in [-0.05, 0) is 52.1 Å². The van der Waals surface area contributed by atoms with Gasteiger partial charge in [0.1, 0.15) is 0 Å². The van der Waals surface area contributed by atoms with Crippen molar-refractivity contribution in [2.75, 3.05) is 6.61 Å². The van der Waals surface area contributed by atoms with Crippen LogP contribution in [0.3, 0.4) is 0 Å². The summed E-state index contributed by atoms with van der Waals surface area (Å²) < 4.78 is 7.00. The maximum atomic E-state index is 10.7. The molecule has 0 aliphatic rings. The van der Waals surface area contributed by atoms with E-state index < -0.39 is 4.92 Å². The van der Waals surface area contributed by atoms with Gasteiger partial charge < -0.3 is 4.74 Å². The van der Waals surface area contributed by atoms with Crippen LogP contribution >= 0.6 is 45.2 Å².